The van der Waals surface area contributed by atoms with Crippen LogP contribution in [0.3, 0.4) is 0 Å². The van der Waals surface area contributed by atoms with Gasteiger partial charge in [0.1, 0.15) is 5.82 Å². The van der Waals surface area contributed by atoms with Crippen molar-refractivity contribution in [1.82, 2.24) is 4.98 Å². The molecule has 0 bridgehead atoms. The minimum absolute atomic E-state index is 0.417. The molecule has 1 heterocycles. The van der Waals surface area contributed by atoms with Crippen molar-refractivity contribution in [2.75, 3.05) is 5.73 Å². The standard InChI is InChI=1S/C7H6N2.C6H4/c1-2-6-4-3-5-9-7(6)8;1-2-5-4-6(5)3-1/h1,3-5H,(H2,8,9);1-4H. The zero-order chi connectivity index (χ0) is 10.7. The Hall–Kier alpha value is -2.27. The number of nitrogens with zero attached hydrogens (tertiary/aromatic N) is 1. The molecule has 0 unspecified atom stereocenters. The van der Waals surface area contributed by atoms with E-state index < -0.39 is 0 Å². The third kappa shape index (κ3) is 2.15. The second kappa shape index (κ2) is 3.85. The maximum atomic E-state index is 5.38. The lowest BCUT2D eigenvalue weighted by atomic mass is 10.3. The van der Waals surface area contributed by atoms with E-state index in [4.69, 9.17) is 12.2 Å². The summed E-state index contributed by atoms with van der Waals surface area (Å²) in [6.07, 6.45) is 6.69. The molecule has 2 heteroatoms. The third-order valence-electron chi connectivity index (χ3n) is 2.11. The first-order valence-corrected chi connectivity index (χ1v) is 4.59. The summed E-state index contributed by atoms with van der Waals surface area (Å²) in [6.45, 7) is 0. The van der Waals surface area contributed by atoms with Crippen molar-refractivity contribution >= 4 is 5.82 Å². The molecule has 0 saturated heterocycles. The van der Waals surface area contributed by atoms with Crippen LogP contribution < -0.4 is 5.73 Å². The smallest absolute Gasteiger partial charge is 0.139 e. The van der Waals surface area contributed by atoms with E-state index in [1.54, 1.807) is 18.3 Å². The monoisotopic (exact) mass is 194 g/mol. The Labute approximate surface area is 88.8 Å². The molecule has 1 aromatic rings. The number of benzene rings is 1. The van der Waals surface area contributed by atoms with Crippen molar-refractivity contribution in [3.8, 4) is 23.5 Å². The summed E-state index contributed by atoms with van der Waals surface area (Å²) in [6, 6.07) is 12.0. The topological polar surface area (TPSA) is 38.9 Å². The lowest BCUT2D eigenvalue weighted by Crippen LogP contribution is -1.91. The molecule has 3 rings (SSSR count). The average molecular weight is 194 g/mol. The summed E-state index contributed by atoms with van der Waals surface area (Å²) in [4.78, 5) is 3.79. The first-order valence-electron chi connectivity index (χ1n) is 4.59. The van der Waals surface area contributed by atoms with Crippen LogP contribution in [0.5, 0.6) is 0 Å². The Morgan fingerprint density at radius 3 is 2.20 bits per heavy atom. The minimum Gasteiger partial charge on any atom is -0.383 e. The van der Waals surface area contributed by atoms with Crippen LogP contribution >= 0.6 is 0 Å². The van der Waals surface area contributed by atoms with Gasteiger partial charge in [-0.05, 0) is 29.3 Å². The van der Waals surface area contributed by atoms with Gasteiger partial charge in [-0.15, -0.1) is 6.42 Å². The molecular weight excluding hydrogens is 184 g/mol. The van der Waals surface area contributed by atoms with Gasteiger partial charge in [-0.1, -0.05) is 24.1 Å². The highest BCUT2D eigenvalue weighted by molar-refractivity contribution is 5.80. The van der Waals surface area contributed by atoms with Crippen molar-refractivity contribution in [2.24, 2.45) is 0 Å². The van der Waals surface area contributed by atoms with Crippen LogP contribution in [0.2, 0.25) is 0 Å². The Bertz CT molecular complexity index is 507. The predicted molar refractivity (Wildman–Crippen MR) is 62.0 cm³/mol. The summed E-state index contributed by atoms with van der Waals surface area (Å²) >= 11 is 0. The number of nitrogens with two attached hydrogens (primary N) is 1. The van der Waals surface area contributed by atoms with Gasteiger partial charge in [0.2, 0.25) is 0 Å². The van der Waals surface area contributed by atoms with E-state index in [1.165, 1.54) is 11.1 Å². The van der Waals surface area contributed by atoms with Gasteiger partial charge >= 0.3 is 0 Å². The van der Waals surface area contributed by atoms with Gasteiger partial charge in [0.05, 0.1) is 5.56 Å². The SMILES string of the molecule is C#Cc1cccnc1N.c1cc2cc-2c1. The zero-order valence-electron chi connectivity index (χ0n) is 8.14. The molecule has 0 atom stereocenters. The van der Waals surface area contributed by atoms with Gasteiger partial charge in [-0.25, -0.2) is 4.98 Å². The van der Waals surface area contributed by atoms with Crippen LogP contribution in [0.1, 0.15) is 5.56 Å². The lowest BCUT2D eigenvalue weighted by molar-refractivity contribution is 1.32. The molecule has 0 fully saturated rings. The molecule has 1 aromatic heterocycles. The highest BCUT2D eigenvalue weighted by Crippen LogP contribution is 2.32. The van der Waals surface area contributed by atoms with E-state index in [0.29, 0.717) is 11.4 Å². The highest BCUT2D eigenvalue weighted by Gasteiger charge is 2.06. The molecule has 15 heavy (non-hydrogen) atoms. The van der Waals surface area contributed by atoms with E-state index >= 15 is 0 Å². The molecule has 0 amide bonds. The first kappa shape index (κ1) is 9.29. The van der Waals surface area contributed by atoms with Crippen LogP contribution in [0.15, 0.2) is 42.6 Å². The lowest BCUT2D eigenvalue weighted by Gasteiger charge is -1.91. The number of hydrogen-bond donors (Lipinski definition) is 1. The molecule has 0 radical (unpaired) electrons. The third-order valence-corrected chi connectivity index (χ3v) is 2.11. The van der Waals surface area contributed by atoms with Gasteiger partial charge < -0.3 is 5.73 Å². The Balaban J connectivity index is 0.000000121. The summed E-state index contributed by atoms with van der Waals surface area (Å²) in [5.41, 5.74) is 8.88. The second-order valence-corrected chi connectivity index (χ2v) is 3.16. The molecule has 72 valence electrons. The van der Waals surface area contributed by atoms with E-state index in [0.717, 1.165) is 0 Å². The van der Waals surface area contributed by atoms with Gasteiger partial charge in [0, 0.05) is 6.20 Å². The molecule has 2 aliphatic rings. The number of anilines is 1. The van der Waals surface area contributed by atoms with E-state index in [9.17, 15) is 0 Å². The molecule has 2 nitrogen and oxygen atoms in total. The maximum Gasteiger partial charge on any atom is 0.139 e. The molecule has 2 aliphatic carbocycles. The van der Waals surface area contributed by atoms with Crippen molar-refractivity contribution < 1.29 is 0 Å². The fourth-order valence-corrected chi connectivity index (χ4v) is 1.22. The van der Waals surface area contributed by atoms with Gasteiger partial charge in [0.15, 0.2) is 0 Å². The molecule has 0 aromatic carbocycles. The normalized spacial score (nSPS) is 9.53. The van der Waals surface area contributed by atoms with E-state index in [-0.39, 0.29) is 0 Å². The number of hydrogen-bond acceptors (Lipinski definition) is 2. The van der Waals surface area contributed by atoms with Crippen LogP contribution in [-0.4, -0.2) is 4.98 Å². The first-order chi connectivity index (χ1) is 7.31. The van der Waals surface area contributed by atoms with Gasteiger partial charge in [-0.3, -0.25) is 0 Å². The molecule has 0 aliphatic heterocycles. The summed E-state index contributed by atoms with van der Waals surface area (Å²) in [5.74, 6) is 2.82. The van der Waals surface area contributed by atoms with Crippen LogP contribution in [0.25, 0.3) is 11.1 Å². The molecule has 0 saturated carbocycles. The van der Waals surface area contributed by atoms with Crippen LogP contribution in [-0.2, 0) is 0 Å². The summed E-state index contributed by atoms with van der Waals surface area (Å²) in [7, 11) is 0. The summed E-state index contributed by atoms with van der Waals surface area (Å²) < 4.78 is 0. The highest BCUT2D eigenvalue weighted by atomic mass is 14.8. The van der Waals surface area contributed by atoms with E-state index in [2.05, 4.69) is 35.2 Å². The number of terminal acetylenes is 1. The minimum atomic E-state index is 0.417. The Morgan fingerprint density at radius 2 is 1.87 bits per heavy atom. The van der Waals surface area contributed by atoms with Gasteiger partial charge in [-0.2, -0.15) is 0 Å². The quantitative estimate of drug-likeness (QED) is 0.558. The van der Waals surface area contributed by atoms with Crippen molar-refractivity contribution in [2.45, 2.75) is 0 Å². The predicted octanol–water partition coefficient (Wildman–Crippen LogP) is 2.31. The second-order valence-electron chi connectivity index (χ2n) is 3.16. The Morgan fingerprint density at radius 1 is 1.13 bits per heavy atom. The van der Waals surface area contributed by atoms with E-state index in [1.807, 2.05) is 0 Å². The number of rotatable bonds is 0. The molecule has 2 N–H and O–H groups in total. The van der Waals surface area contributed by atoms with Crippen molar-refractivity contribution in [1.29, 1.82) is 0 Å². The zero-order valence-corrected chi connectivity index (χ0v) is 8.14. The fourth-order valence-electron chi connectivity index (χ4n) is 1.22. The summed E-state index contributed by atoms with van der Waals surface area (Å²) in [5, 5.41) is 0. The maximum absolute atomic E-state index is 5.38. The van der Waals surface area contributed by atoms with Crippen LogP contribution in [0, 0.1) is 12.3 Å². The van der Waals surface area contributed by atoms with Gasteiger partial charge in [0.25, 0.3) is 0 Å². The molecular formula is C13H10N2. The number of nitrogen functional groups attached to an aromatic ring is 1. The fraction of sp³-hybridized carbons (Fsp3) is 0. The molecule has 0 spiro atoms. The van der Waals surface area contributed by atoms with Crippen molar-refractivity contribution in [3.63, 3.8) is 0 Å². The van der Waals surface area contributed by atoms with Crippen LogP contribution in [0.4, 0.5) is 5.82 Å². The largest absolute Gasteiger partial charge is 0.383 e. The number of fused-ring (bicyclic) bond motifs is 1. The average Bonchev–Trinajstić information content (AvgIpc) is 2.87. The Kier molecular flexibility index (Phi) is 2.38. The number of pyridine rings is 1. The van der Waals surface area contributed by atoms with Crippen molar-refractivity contribution in [3.05, 3.63) is 48.2 Å². The number of aromatic nitrogens is 1.